The van der Waals surface area contributed by atoms with Gasteiger partial charge in [-0.15, -0.1) is 0 Å². The Labute approximate surface area is 124 Å². The van der Waals surface area contributed by atoms with Gasteiger partial charge in [-0.1, -0.05) is 19.9 Å². The Morgan fingerprint density at radius 2 is 2.00 bits per heavy atom. The van der Waals surface area contributed by atoms with Gasteiger partial charge >= 0.3 is 0 Å². The highest BCUT2D eigenvalue weighted by Gasteiger charge is 2.16. The average Bonchev–Trinajstić information content (AvgIpc) is 2.44. The molecular weight excluding hydrogens is 285 g/mol. The van der Waals surface area contributed by atoms with Gasteiger partial charge in [0.2, 0.25) is 0 Å². The van der Waals surface area contributed by atoms with E-state index < -0.39 is 7.60 Å². The molecule has 1 atom stereocenters. The van der Waals surface area contributed by atoms with Crippen LogP contribution in [0.25, 0.3) is 10.8 Å². The standard InChI is InChI=1S/C16H18NO3P/c1-4-12-9-13-8-11(10-17)6-7-15(13)14(5-2)16(12)20-21(3,18)19/h6-9H,4-5H2,1-3H3,(H,18,19)/p-1. The van der Waals surface area contributed by atoms with Crippen molar-refractivity contribution >= 4 is 18.4 Å². The fourth-order valence-corrected chi connectivity index (χ4v) is 3.05. The second kappa shape index (κ2) is 5.89. The van der Waals surface area contributed by atoms with E-state index in [4.69, 9.17) is 9.79 Å². The summed E-state index contributed by atoms with van der Waals surface area (Å²) in [6, 6.07) is 9.43. The maximum absolute atomic E-state index is 11.5. The third kappa shape index (κ3) is 3.26. The maximum atomic E-state index is 11.5. The molecule has 0 fully saturated rings. The van der Waals surface area contributed by atoms with Crippen molar-refractivity contribution in [2.45, 2.75) is 26.7 Å². The summed E-state index contributed by atoms with van der Waals surface area (Å²) in [5, 5.41) is 10.9. The molecule has 2 aromatic carbocycles. The van der Waals surface area contributed by atoms with Gasteiger partial charge in [0, 0.05) is 12.2 Å². The van der Waals surface area contributed by atoms with Crippen molar-refractivity contribution in [3.05, 3.63) is 41.0 Å². The number of rotatable bonds is 4. The Kier molecular flexibility index (Phi) is 4.37. The van der Waals surface area contributed by atoms with Crippen molar-refractivity contribution in [1.82, 2.24) is 0 Å². The summed E-state index contributed by atoms with van der Waals surface area (Å²) in [7, 11) is -3.86. The predicted molar refractivity (Wildman–Crippen MR) is 81.6 cm³/mol. The molecule has 0 aliphatic heterocycles. The van der Waals surface area contributed by atoms with Crippen LogP contribution in [0, 0.1) is 11.3 Å². The van der Waals surface area contributed by atoms with Crippen LogP contribution >= 0.6 is 7.60 Å². The van der Waals surface area contributed by atoms with Crippen LogP contribution in [0.3, 0.4) is 0 Å². The zero-order valence-electron chi connectivity index (χ0n) is 12.3. The largest absolute Gasteiger partial charge is 0.769 e. The number of fused-ring (bicyclic) bond motifs is 1. The Balaban J connectivity index is 2.78. The van der Waals surface area contributed by atoms with E-state index in [1.165, 1.54) is 0 Å². The second-order valence-electron chi connectivity index (χ2n) is 4.96. The predicted octanol–water partition coefficient (Wildman–Crippen LogP) is 3.40. The van der Waals surface area contributed by atoms with E-state index in [1.54, 1.807) is 6.07 Å². The van der Waals surface area contributed by atoms with Crippen LogP contribution in [-0.2, 0) is 17.4 Å². The molecule has 0 spiro atoms. The van der Waals surface area contributed by atoms with E-state index in [-0.39, 0.29) is 0 Å². The van der Waals surface area contributed by atoms with E-state index in [2.05, 4.69) is 6.07 Å². The van der Waals surface area contributed by atoms with Crippen LogP contribution in [-0.4, -0.2) is 6.66 Å². The van der Waals surface area contributed by atoms with Crippen molar-refractivity contribution in [3.63, 3.8) is 0 Å². The van der Waals surface area contributed by atoms with E-state index in [0.717, 1.165) is 28.6 Å². The molecule has 2 rings (SSSR count). The van der Waals surface area contributed by atoms with Gasteiger partial charge in [0.05, 0.1) is 11.6 Å². The minimum absolute atomic E-state index is 0.443. The molecule has 0 aromatic heterocycles. The van der Waals surface area contributed by atoms with Crippen molar-refractivity contribution in [3.8, 4) is 11.8 Å². The monoisotopic (exact) mass is 302 g/mol. The Morgan fingerprint density at radius 3 is 2.52 bits per heavy atom. The van der Waals surface area contributed by atoms with Crippen LogP contribution in [0.5, 0.6) is 5.75 Å². The van der Waals surface area contributed by atoms with Gasteiger partial charge in [-0.05, 0) is 47.4 Å². The highest BCUT2D eigenvalue weighted by molar-refractivity contribution is 7.50. The Morgan fingerprint density at radius 1 is 1.29 bits per heavy atom. The number of nitrogens with zero attached hydrogens (tertiary/aromatic N) is 1. The van der Waals surface area contributed by atoms with Gasteiger partial charge in [-0.3, -0.25) is 4.57 Å². The van der Waals surface area contributed by atoms with Gasteiger partial charge in [0.15, 0.2) is 7.60 Å². The summed E-state index contributed by atoms with van der Waals surface area (Å²) >= 11 is 0. The van der Waals surface area contributed by atoms with Crippen molar-refractivity contribution < 1.29 is 14.0 Å². The normalized spacial score (nSPS) is 13.7. The third-order valence-electron chi connectivity index (χ3n) is 3.39. The van der Waals surface area contributed by atoms with Gasteiger partial charge in [-0.25, -0.2) is 0 Å². The first-order valence-electron chi connectivity index (χ1n) is 6.86. The fourth-order valence-electron chi connectivity index (χ4n) is 2.49. The number of hydrogen-bond acceptors (Lipinski definition) is 4. The Hall–Kier alpha value is -1.82. The third-order valence-corrected chi connectivity index (χ3v) is 3.91. The topological polar surface area (TPSA) is 73.1 Å². The smallest absolute Gasteiger partial charge is 0.181 e. The average molecular weight is 302 g/mol. The van der Waals surface area contributed by atoms with E-state index in [1.807, 2.05) is 32.0 Å². The lowest BCUT2D eigenvalue weighted by Gasteiger charge is -2.24. The lowest BCUT2D eigenvalue weighted by atomic mass is 9.95. The van der Waals surface area contributed by atoms with Gasteiger partial charge in [0.1, 0.15) is 5.75 Å². The first kappa shape index (κ1) is 15.6. The molecule has 2 aromatic rings. The summed E-state index contributed by atoms with van der Waals surface area (Å²) < 4.78 is 16.8. The van der Waals surface area contributed by atoms with E-state index >= 15 is 0 Å². The van der Waals surface area contributed by atoms with Crippen molar-refractivity contribution in [2.24, 2.45) is 0 Å². The van der Waals surface area contributed by atoms with Crippen molar-refractivity contribution in [2.75, 3.05) is 6.66 Å². The molecule has 0 radical (unpaired) electrons. The number of hydrogen-bond donors (Lipinski definition) is 0. The minimum Gasteiger partial charge on any atom is -0.769 e. The molecule has 5 heteroatoms. The molecule has 21 heavy (non-hydrogen) atoms. The summed E-state index contributed by atoms with van der Waals surface area (Å²) in [5.41, 5.74) is 2.30. The van der Waals surface area contributed by atoms with Crippen LogP contribution in [0.2, 0.25) is 0 Å². The lowest BCUT2D eigenvalue weighted by Crippen LogP contribution is -2.08. The molecule has 4 nitrogen and oxygen atoms in total. The molecule has 1 unspecified atom stereocenters. The molecule has 110 valence electrons. The first-order valence-corrected chi connectivity index (χ1v) is 8.85. The summed E-state index contributed by atoms with van der Waals surface area (Å²) in [6.45, 7) is 4.99. The zero-order chi connectivity index (χ0) is 15.6. The molecule has 0 saturated heterocycles. The van der Waals surface area contributed by atoms with E-state index in [9.17, 15) is 9.46 Å². The van der Waals surface area contributed by atoms with Gasteiger partial charge < -0.3 is 9.42 Å². The Bertz CT molecular complexity index is 771. The number of aryl methyl sites for hydroxylation is 2. The minimum atomic E-state index is -3.86. The van der Waals surface area contributed by atoms with Crippen molar-refractivity contribution in [1.29, 1.82) is 5.26 Å². The SMILES string of the molecule is CCc1cc2cc(C#N)ccc2c(CC)c1OP(C)(=O)[O-]. The lowest BCUT2D eigenvalue weighted by molar-refractivity contribution is -0.189. The van der Waals surface area contributed by atoms with Gasteiger partial charge in [-0.2, -0.15) is 5.26 Å². The molecule has 0 bridgehead atoms. The molecule has 0 N–H and O–H groups in total. The summed E-state index contributed by atoms with van der Waals surface area (Å²) in [4.78, 5) is 11.5. The van der Waals surface area contributed by atoms with Gasteiger partial charge in [0.25, 0.3) is 0 Å². The maximum Gasteiger partial charge on any atom is 0.181 e. The summed E-state index contributed by atoms with van der Waals surface area (Å²) in [5.74, 6) is 0.443. The first-order chi connectivity index (χ1) is 9.89. The molecule has 0 amide bonds. The summed E-state index contributed by atoms with van der Waals surface area (Å²) in [6.07, 6.45) is 1.32. The molecule has 0 saturated carbocycles. The number of benzene rings is 2. The molecule has 0 aliphatic rings. The van der Waals surface area contributed by atoms with Crippen LogP contribution < -0.4 is 9.42 Å². The second-order valence-corrected chi connectivity index (χ2v) is 6.69. The molecular formula is C16H17NO3P-. The van der Waals surface area contributed by atoms with Crippen LogP contribution in [0.1, 0.15) is 30.5 Å². The fraction of sp³-hybridized carbons (Fsp3) is 0.312. The molecule has 0 aliphatic carbocycles. The van der Waals surface area contributed by atoms with Crippen LogP contribution in [0.4, 0.5) is 0 Å². The quantitative estimate of drug-likeness (QED) is 0.811. The highest BCUT2D eigenvalue weighted by Crippen LogP contribution is 2.41. The highest BCUT2D eigenvalue weighted by atomic mass is 31.2. The number of nitriles is 1. The molecule has 0 heterocycles. The van der Waals surface area contributed by atoms with E-state index in [0.29, 0.717) is 24.2 Å². The van der Waals surface area contributed by atoms with Crippen LogP contribution in [0.15, 0.2) is 24.3 Å². The zero-order valence-corrected chi connectivity index (χ0v) is 13.2.